The van der Waals surface area contributed by atoms with Crippen molar-refractivity contribution in [2.45, 2.75) is 26.8 Å². The number of anilines is 1. The molecule has 0 aliphatic carbocycles. The number of carbonyl (C=O) groups excluding carboxylic acids is 2. The quantitative estimate of drug-likeness (QED) is 0.739. The van der Waals surface area contributed by atoms with Crippen molar-refractivity contribution in [1.82, 2.24) is 20.4 Å². The van der Waals surface area contributed by atoms with E-state index in [0.717, 1.165) is 27.9 Å². The maximum atomic E-state index is 12.3. The average Bonchev–Trinajstić information content (AvgIpc) is 2.95. The molecule has 2 rings (SSSR count). The summed E-state index contributed by atoms with van der Waals surface area (Å²) >= 11 is 0. The van der Waals surface area contributed by atoms with Crippen LogP contribution in [0.2, 0.25) is 0 Å². The lowest BCUT2D eigenvalue weighted by Crippen LogP contribution is -2.40. The molecule has 1 heterocycles. The number of carbonyl (C=O) groups is 2. The van der Waals surface area contributed by atoms with E-state index in [0.29, 0.717) is 0 Å². The maximum absolute atomic E-state index is 12.3. The van der Waals surface area contributed by atoms with Gasteiger partial charge in [-0.25, -0.2) is 0 Å². The Bertz CT molecular complexity index is 759. The first kappa shape index (κ1) is 18.7. The first-order valence-electron chi connectivity index (χ1n) is 8.13. The molecule has 1 atom stereocenters. The second kappa shape index (κ2) is 7.94. The predicted molar refractivity (Wildman–Crippen MR) is 97.3 cm³/mol. The molecule has 0 saturated carbocycles. The van der Waals surface area contributed by atoms with Gasteiger partial charge >= 0.3 is 0 Å². The Kier molecular flexibility index (Phi) is 5.93. The topological polar surface area (TPSA) is 88.1 Å². The normalized spacial score (nSPS) is 11.9. The second-order valence-corrected chi connectivity index (χ2v) is 6.21. The third-order valence-corrected chi connectivity index (χ3v) is 3.97. The molecule has 0 aliphatic rings. The van der Waals surface area contributed by atoms with Gasteiger partial charge in [-0.15, -0.1) is 0 Å². The molecule has 1 unspecified atom stereocenters. The van der Waals surface area contributed by atoms with Crippen molar-refractivity contribution in [3.05, 3.63) is 46.8 Å². The van der Waals surface area contributed by atoms with Crippen LogP contribution in [0.4, 0.5) is 5.69 Å². The van der Waals surface area contributed by atoms with Gasteiger partial charge in [0.2, 0.25) is 11.8 Å². The van der Waals surface area contributed by atoms with E-state index in [2.05, 4.69) is 21.0 Å². The lowest BCUT2D eigenvalue weighted by atomic mass is 10.1. The monoisotopic (exact) mass is 343 g/mol. The van der Waals surface area contributed by atoms with Crippen LogP contribution >= 0.6 is 0 Å². The second-order valence-electron chi connectivity index (χ2n) is 6.21. The summed E-state index contributed by atoms with van der Waals surface area (Å²) in [5, 5.41) is 12.5. The van der Waals surface area contributed by atoms with Gasteiger partial charge in [0.1, 0.15) is 6.04 Å². The zero-order valence-electron chi connectivity index (χ0n) is 15.3. The van der Waals surface area contributed by atoms with E-state index in [4.69, 9.17) is 0 Å². The van der Waals surface area contributed by atoms with Crippen LogP contribution in [0.3, 0.4) is 0 Å². The average molecular weight is 343 g/mol. The van der Waals surface area contributed by atoms with Gasteiger partial charge in [0.15, 0.2) is 0 Å². The van der Waals surface area contributed by atoms with Crippen LogP contribution in [-0.2, 0) is 16.6 Å². The van der Waals surface area contributed by atoms with E-state index in [9.17, 15) is 9.59 Å². The minimum absolute atomic E-state index is 0.0932. The molecule has 7 nitrogen and oxygen atoms in total. The first-order chi connectivity index (χ1) is 11.8. The van der Waals surface area contributed by atoms with Crippen molar-refractivity contribution in [2.75, 3.05) is 18.9 Å². The highest BCUT2D eigenvalue weighted by atomic mass is 16.2. The van der Waals surface area contributed by atoms with E-state index < -0.39 is 6.04 Å². The summed E-state index contributed by atoms with van der Waals surface area (Å²) in [6.45, 7) is 5.83. The Morgan fingerprint density at radius 3 is 2.36 bits per heavy atom. The fraction of sp³-hybridized carbons (Fsp3) is 0.389. The lowest BCUT2D eigenvalue weighted by Gasteiger charge is -2.16. The highest BCUT2D eigenvalue weighted by Crippen LogP contribution is 2.21. The third kappa shape index (κ3) is 4.67. The zero-order valence-corrected chi connectivity index (χ0v) is 15.3. The van der Waals surface area contributed by atoms with Crippen molar-refractivity contribution in [3.63, 3.8) is 0 Å². The van der Waals surface area contributed by atoms with Crippen molar-refractivity contribution in [1.29, 1.82) is 0 Å². The van der Waals surface area contributed by atoms with Crippen molar-refractivity contribution in [2.24, 2.45) is 7.05 Å². The van der Waals surface area contributed by atoms with Crippen LogP contribution in [0, 0.1) is 20.8 Å². The molecule has 1 aromatic carbocycles. The number of rotatable bonds is 6. The molecule has 2 amide bonds. The summed E-state index contributed by atoms with van der Waals surface area (Å²) in [7, 11) is 3.48. The molecular formula is C18H25N5O2. The summed E-state index contributed by atoms with van der Waals surface area (Å²) in [6, 6.07) is 3.48. The van der Waals surface area contributed by atoms with Crippen LogP contribution in [-0.4, -0.2) is 35.2 Å². The molecule has 7 heteroatoms. The SMILES string of the molecule is CNC(C(=O)NCC(=O)Nc1c(C)cc(C)cc1C)c1cnn(C)c1. The number of nitrogens with one attached hydrogen (secondary N) is 3. The number of hydrogen-bond donors (Lipinski definition) is 3. The van der Waals surface area contributed by atoms with Gasteiger partial charge in [-0.3, -0.25) is 14.3 Å². The Hall–Kier alpha value is -2.67. The fourth-order valence-corrected chi connectivity index (χ4v) is 2.87. The number of benzene rings is 1. The number of aryl methyl sites for hydroxylation is 4. The van der Waals surface area contributed by atoms with E-state index in [1.807, 2.05) is 32.9 Å². The maximum Gasteiger partial charge on any atom is 0.243 e. The lowest BCUT2D eigenvalue weighted by molar-refractivity contribution is -0.125. The van der Waals surface area contributed by atoms with Gasteiger partial charge < -0.3 is 16.0 Å². The molecule has 0 bridgehead atoms. The highest BCUT2D eigenvalue weighted by molar-refractivity contribution is 5.96. The Balaban J connectivity index is 1.96. The van der Waals surface area contributed by atoms with E-state index >= 15 is 0 Å². The fourth-order valence-electron chi connectivity index (χ4n) is 2.87. The van der Waals surface area contributed by atoms with Gasteiger partial charge in [-0.2, -0.15) is 5.10 Å². The van der Waals surface area contributed by atoms with Gasteiger partial charge in [-0.1, -0.05) is 17.7 Å². The molecule has 0 aliphatic heterocycles. The zero-order chi connectivity index (χ0) is 18.6. The van der Waals surface area contributed by atoms with Crippen LogP contribution in [0.1, 0.15) is 28.3 Å². The largest absolute Gasteiger partial charge is 0.345 e. The van der Waals surface area contributed by atoms with E-state index in [1.165, 1.54) is 0 Å². The number of aromatic nitrogens is 2. The summed E-state index contributed by atoms with van der Waals surface area (Å²) in [6.07, 6.45) is 3.39. The van der Waals surface area contributed by atoms with Crippen molar-refractivity contribution in [3.8, 4) is 0 Å². The number of amides is 2. The van der Waals surface area contributed by atoms with Crippen LogP contribution in [0.5, 0.6) is 0 Å². The van der Waals surface area contributed by atoms with Crippen LogP contribution in [0.15, 0.2) is 24.5 Å². The highest BCUT2D eigenvalue weighted by Gasteiger charge is 2.20. The summed E-state index contributed by atoms with van der Waals surface area (Å²) in [4.78, 5) is 24.5. The molecule has 134 valence electrons. The molecule has 3 N–H and O–H groups in total. The number of likely N-dealkylation sites (N-methyl/N-ethyl adjacent to an activating group) is 1. The molecule has 0 fully saturated rings. The summed E-state index contributed by atoms with van der Waals surface area (Å²) in [5.74, 6) is -0.535. The first-order valence-corrected chi connectivity index (χ1v) is 8.13. The van der Waals surface area contributed by atoms with Gasteiger partial charge in [0, 0.05) is 24.5 Å². The number of nitrogens with zero attached hydrogens (tertiary/aromatic N) is 2. The molecule has 0 spiro atoms. The van der Waals surface area contributed by atoms with Crippen LogP contribution in [0.25, 0.3) is 0 Å². The van der Waals surface area contributed by atoms with E-state index in [-0.39, 0.29) is 18.4 Å². The summed E-state index contributed by atoms with van der Waals surface area (Å²) < 4.78 is 1.63. The minimum atomic E-state index is -0.552. The molecule has 0 saturated heterocycles. The molecular weight excluding hydrogens is 318 g/mol. The van der Waals surface area contributed by atoms with Crippen molar-refractivity contribution >= 4 is 17.5 Å². The standard InChI is InChI=1S/C18H25N5O2/c1-11-6-12(2)16(13(3)7-11)22-15(24)9-20-18(25)17(19-4)14-8-21-23(5)10-14/h6-8,10,17,19H,9H2,1-5H3,(H,20,25)(H,22,24). The Labute approximate surface area is 147 Å². The van der Waals surface area contributed by atoms with Gasteiger partial charge in [-0.05, 0) is 38.9 Å². The molecule has 1 aromatic heterocycles. The Morgan fingerprint density at radius 1 is 1.20 bits per heavy atom. The molecule has 2 aromatic rings. The summed E-state index contributed by atoms with van der Waals surface area (Å²) in [5.41, 5.74) is 4.69. The molecule has 25 heavy (non-hydrogen) atoms. The number of hydrogen-bond acceptors (Lipinski definition) is 4. The smallest absolute Gasteiger partial charge is 0.243 e. The predicted octanol–water partition coefficient (Wildman–Crippen LogP) is 1.36. The van der Waals surface area contributed by atoms with Gasteiger partial charge in [0.25, 0.3) is 0 Å². The van der Waals surface area contributed by atoms with Gasteiger partial charge in [0.05, 0.1) is 12.7 Å². The molecule has 0 radical (unpaired) electrons. The van der Waals surface area contributed by atoms with Crippen LogP contribution < -0.4 is 16.0 Å². The third-order valence-electron chi connectivity index (χ3n) is 3.97. The minimum Gasteiger partial charge on any atom is -0.345 e. The van der Waals surface area contributed by atoms with E-state index in [1.54, 1.807) is 31.2 Å². The van der Waals surface area contributed by atoms with Crippen molar-refractivity contribution < 1.29 is 9.59 Å². The Morgan fingerprint density at radius 2 is 1.84 bits per heavy atom.